The van der Waals surface area contributed by atoms with Gasteiger partial charge in [-0.05, 0) is 31.5 Å². The maximum Gasteiger partial charge on any atom is 0.250 e. The number of carbonyl (C=O) groups excluding carboxylic acids is 1. The van der Waals surface area contributed by atoms with Crippen LogP contribution in [0.5, 0.6) is 0 Å². The Morgan fingerprint density at radius 3 is 3.00 bits per heavy atom. The Hall–Kier alpha value is -1.75. The zero-order valence-electron chi connectivity index (χ0n) is 10.6. The number of anilines is 2. The van der Waals surface area contributed by atoms with Crippen LogP contribution in [-0.2, 0) is 4.74 Å². The SMILES string of the molecule is CC1CN(c2ccc(N)cc2C(N)=O)CCCO1. The quantitative estimate of drug-likeness (QED) is 0.766. The zero-order chi connectivity index (χ0) is 13.1. The molecule has 0 aromatic heterocycles. The lowest BCUT2D eigenvalue weighted by Crippen LogP contribution is -2.32. The van der Waals surface area contributed by atoms with E-state index in [2.05, 4.69) is 4.90 Å². The molecule has 1 fully saturated rings. The second-order valence-electron chi connectivity index (χ2n) is 4.62. The molecular weight excluding hydrogens is 230 g/mol. The van der Waals surface area contributed by atoms with Gasteiger partial charge in [-0.3, -0.25) is 4.79 Å². The van der Waals surface area contributed by atoms with E-state index in [0.29, 0.717) is 11.3 Å². The molecule has 1 atom stereocenters. The van der Waals surface area contributed by atoms with Crippen LogP contribution in [0, 0.1) is 0 Å². The van der Waals surface area contributed by atoms with Crippen molar-refractivity contribution in [1.29, 1.82) is 0 Å². The average molecular weight is 249 g/mol. The van der Waals surface area contributed by atoms with E-state index in [9.17, 15) is 4.79 Å². The van der Waals surface area contributed by atoms with Crippen molar-refractivity contribution in [2.45, 2.75) is 19.4 Å². The summed E-state index contributed by atoms with van der Waals surface area (Å²) in [6.45, 7) is 4.39. The molecular formula is C13H19N3O2. The number of hydrogen-bond acceptors (Lipinski definition) is 4. The number of hydrogen-bond donors (Lipinski definition) is 2. The van der Waals surface area contributed by atoms with Crippen molar-refractivity contribution in [1.82, 2.24) is 0 Å². The second-order valence-corrected chi connectivity index (χ2v) is 4.62. The molecule has 18 heavy (non-hydrogen) atoms. The van der Waals surface area contributed by atoms with Crippen molar-refractivity contribution in [2.75, 3.05) is 30.3 Å². The van der Waals surface area contributed by atoms with Gasteiger partial charge >= 0.3 is 0 Å². The Bertz CT molecular complexity index is 448. The van der Waals surface area contributed by atoms with Crippen LogP contribution >= 0.6 is 0 Å². The number of rotatable bonds is 2. The average Bonchev–Trinajstić information content (AvgIpc) is 2.53. The fraction of sp³-hybridized carbons (Fsp3) is 0.462. The number of nitrogen functional groups attached to an aromatic ring is 1. The van der Waals surface area contributed by atoms with Crippen molar-refractivity contribution >= 4 is 17.3 Å². The minimum atomic E-state index is -0.449. The molecule has 0 spiro atoms. The molecule has 1 aromatic rings. The van der Waals surface area contributed by atoms with Gasteiger partial charge < -0.3 is 21.1 Å². The number of ether oxygens (including phenoxy) is 1. The summed E-state index contributed by atoms with van der Waals surface area (Å²) < 4.78 is 5.60. The smallest absolute Gasteiger partial charge is 0.250 e. The molecule has 1 unspecified atom stereocenters. The third-order valence-electron chi connectivity index (χ3n) is 3.08. The van der Waals surface area contributed by atoms with Crippen LogP contribution in [-0.4, -0.2) is 31.7 Å². The van der Waals surface area contributed by atoms with E-state index in [4.69, 9.17) is 16.2 Å². The molecule has 4 N–H and O–H groups in total. The van der Waals surface area contributed by atoms with Crippen LogP contribution in [0.15, 0.2) is 18.2 Å². The zero-order valence-corrected chi connectivity index (χ0v) is 10.6. The topological polar surface area (TPSA) is 81.6 Å². The number of nitrogens with two attached hydrogens (primary N) is 2. The summed E-state index contributed by atoms with van der Waals surface area (Å²) in [7, 11) is 0. The van der Waals surface area contributed by atoms with Gasteiger partial charge in [0.25, 0.3) is 5.91 Å². The first kappa shape index (κ1) is 12.7. The Morgan fingerprint density at radius 2 is 2.28 bits per heavy atom. The van der Waals surface area contributed by atoms with E-state index >= 15 is 0 Å². The van der Waals surface area contributed by atoms with Crippen LogP contribution in [0.4, 0.5) is 11.4 Å². The van der Waals surface area contributed by atoms with Gasteiger partial charge in [0.1, 0.15) is 0 Å². The summed E-state index contributed by atoms with van der Waals surface area (Å²) in [4.78, 5) is 13.6. The fourth-order valence-corrected chi connectivity index (χ4v) is 2.24. The van der Waals surface area contributed by atoms with E-state index in [-0.39, 0.29) is 6.10 Å². The monoisotopic (exact) mass is 249 g/mol. The van der Waals surface area contributed by atoms with Crippen LogP contribution < -0.4 is 16.4 Å². The third-order valence-corrected chi connectivity index (χ3v) is 3.08. The van der Waals surface area contributed by atoms with Crippen LogP contribution in [0.2, 0.25) is 0 Å². The van der Waals surface area contributed by atoms with Crippen molar-refractivity contribution in [3.8, 4) is 0 Å². The van der Waals surface area contributed by atoms with E-state index in [1.54, 1.807) is 12.1 Å². The van der Waals surface area contributed by atoms with E-state index < -0.39 is 5.91 Å². The van der Waals surface area contributed by atoms with Gasteiger partial charge in [0, 0.05) is 31.1 Å². The maximum absolute atomic E-state index is 11.5. The molecule has 1 aliphatic heterocycles. The van der Waals surface area contributed by atoms with Gasteiger partial charge in [-0.1, -0.05) is 0 Å². The molecule has 1 aliphatic rings. The van der Waals surface area contributed by atoms with Gasteiger partial charge in [-0.15, -0.1) is 0 Å². The summed E-state index contributed by atoms with van der Waals surface area (Å²) in [5, 5.41) is 0. The van der Waals surface area contributed by atoms with Gasteiger partial charge in [0.2, 0.25) is 0 Å². The summed E-state index contributed by atoms with van der Waals surface area (Å²) in [6.07, 6.45) is 1.08. The number of primary amides is 1. The third kappa shape index (κ3) is 2.73. The highest BCUT2D eigenvalue weighted by molar-refractivity contribution is 5.99. The largest absolute Gasteiger partial charge is 0.399 e. The Kier molecular flexibility index (Phi) is 3.72. The number of carbonyl (C=O) groups is 1. The highest BCUT2D eigenvalue weighted by Gasteiger charge is 2.19. The minimum absolute atomic E-state index is 0.144. The number of benzene rings is 1. The van der Waals surface area contributed by atoms with Crippen LogP contribution in [0.25, 0.3) is 0 Å². The summed E-state index contributed by atoms with van der Waals surface area (Å²) in [5.74, 6) is -0.449. The predicted octanol–water partition coefficient (Wildman–Crippen LogP) is 0.983. The van der Waals surface area contributed by atoms with Crippen LogP contribution in [0.3, 0.4) is 0 Å². The molecule has 1 aromatic carbocycles. The molecule has 0 saturated carbocycles. The van der Waals surface area contributed by atoms with Crippen molar-refractivity contribution in [3.63, 3.8) is 0 Å². The number of amides is 1. The lowest BCUT2D eigenvalue weighted by atomic mass is 10.1. The van der Waals surface area contributed by atoms with Crippen molar-refractivity contribution in [2.24, 2.45) is 5.73 Å². The van der Waals surface area contributed by atoms with Gasteiger partial charge in [-0.25, -0.2) is 0 Å². The molecule has 5 heteroatoms. The molecule has 0 radical (unpaired) electrons. The van der Waals surface area contributed by atoms with E-state index in [0.717, 1.165) is 31.8 Å². The van der Waals surface area contributed by atoms with Crippen LogP contribution in [0.1, 0.15) is 23.7 Å². The standard InChI is InChI=1S/C13H19N3O2/c1-9-8-16(5-2-6-18-9)12-4-3-10(14)7-11(12)13(15)17/h3-4,7,9H,2,5-6,8,14H2,1H3,(H2,15,17). The highest BCUT2D eigenvalue weighted by atomic mass is 16.5. The number of nitrogens with zero attached hydrogens (tertiary/aromatic N) is 1. The first-order valence-electron chi connectivity index (χ1n) is 6.14. The molecule has 1 amide bonds. The van der Waals surface area contributed by atoms with Gasteiger partial charge in [0.15, 0.2) is 0 Å². The first-order chi connectivity index (χ1) is 8.58. The highest BCUT2D eigenvalue weighted by Crippen LogP contribution is 2.24. The summed E-state index contributed by atoms with van der Waals surface area (Å²) in [5.41, 5.74) is 13.0. The molecule has 5 nitrogen and oxygen atoms in total. The van der Waals surface area contributed by atoms with Crippen molar-refractivity contribution in [3.05, 3.63) is 23.8 Å². The fourth-order valence-electron chi connectivity index (χ4n) is 2.24. The molecule has 1 saturated heterocycles. The van der Waals surface area contributed by atoms with Crippen molar-refractivity contribution < 1.29 is 9.53 Å². The Balaban J connectivity index is 2.33. The molecule has 2 rings (SSSR count). The Labute approximate surface area is 107 Å². The second kappa shape index (κ2) is 5.27. The molecule has 1 heterocycles. The lowest BCUT2D eigenvalue weighted by molar-refractivity contribution is 0.0820. The lowest BCUT2D eigenvalue weighted by Gasteiger charge is -2.26. The molecule has 0 aliphatic carbocycles. The van der Waals surface area contributed by atoms with Gasteiger partial charge in [0.05, 0.1) is 11.7 Å². The Morgan fingerprint density at radius 1 is 1.50 bits per heavy atom. The summed E-state index contributed by atoms with van der Waals surface area (Å²) in [6, 6.07) is 5.28. The summed E-state index contributed by atoms with van der Waals surface area (Å²) >= 11 is 0. The normalized spacial score (nSPS) is 20.5. The van der Waals surface area contributed by atoms with E-state index in [1.165, 1.54) is 0 Å². The minimum Gasteiger partial charge on any atom is -0.399 e. The maximum atomic E-state index is 11.5. The van der Waals surface area contributed by atoms with Gasteiger partial charge in [-0.2, -0.15) is 0 Å². The predicted molar refractivity (Wildman–Crippen MR) is 71.6 cm³/mol. The first-order valence-corrected chi connectivity index (χ1v) is 6.14. The van der Waals surface area contributed by atoms with E-state index in [1.807, 2.05) is 13.0 Å². The molecule has 98 valence electrons. The molecule has 0 bridgehead atoms.